The molecule has 4 aliphatic carbocycles. The van der Waals surface area contributed by atoms with Gasteiger partial charge < -0.3 is 9.72 Å². The first kappa shape index (κ1) is 22.2. The number of nitrogens with one attached hydrogen (secondary N) is 1. The van der Waals surface area contributed by atoms with Gasteiger partial charge in [-0.15, -0.1) is 0 Å². The van der Waals surface area contributed by atoms with Crippen LogP contribution in [0.4, 0.5) is 0 Å². The minimum atomic E-state index is -0.00939. The van der Waals surface area contributed by atoms with Crippen molar-refractivity contribution in [2.45, 2.75) is 110 Å². The van der Waals surface area contributed by atoms with Crippen molar-refractivity contribution in [3.05, 3.63) is 36.0 Å². The molecule has 0 unspecified atom stereocenters. The van der Waals surface area contributed by atoms with E-state index in [2.05, 4.69) is 70.1 Å². The summed E-state index contributed by atoms with van der Waals surface area (Å²) >= 11 is 0. The van der Waals surface area contributed by atoms with Crippen LogP contribution in [0, 0.1) is 34.5 Å². The molecule has 1 aromatic heterocycles. The molecule has 0 spiro atoms. The summed E-state index contributed by atoms with van der Waals surface area (Å²) in [4.78, 5) is 3.38. The van der Waals surface area contributed by atoms with Crippen molar-refractivity contribution in [1.29, 1.82) is 0 Å². The zero-order valence-electron chi connectivity index (χ0n) is 21.6. The first-order chi connectivity index (χ1) is 15.7. The fraction of sp³-hybridized carbons (Fsp3) is 0.742. The van der Waals surface area contributed by atoms with Gasteiger partial charge in [-0.1, -0.05) is 19.9 Å². The number of benzene rings is 1. The molecule has 1 N–H and O–H groups in total. The van der Waals surface area contributed by atoms with E-state index >= 15 is 0 Å². The summed E-state index contributed by atoms with van der Waals surface area (Å²) in [5.74, 6) is 4.42. The van der Waals surface area contributed by atoms with Gasteiger partial charge in [-0.05, 0) is 148 Å². The molecule has 4 aliphatic rings. The van der Waals surface area contributed by atoms with E-state index in [1.54, 1.807) is 5.56 Å². The SMILES string of the molecule is CC(C)(C)O[C@@H]1CC[C@@]2(C)[C@@H](CC[C@@H]3[C@@H]2CC[C@]2(C)[C@@H](c4ccc5[nH]ccc5c4)CC[C@@H]32)C1. The van der Waals surface area contributed by atoms with E-state index in [0.717, 1.165) is 29.6 Å². The maximum absolute atomic E-state index is 6.48. The third kappa shape index (κ3) is 3.53. The second kappa shape index (κ2) is 7.61. The Morgan fingerprint density at radius 3 is 2.48 bits per heavy atom. The fourth-order valence-corrected chi connectivity index (χ4v) is 9.66. The van der Waals surface area contributed by atoms with Crippen LogP contribution in [-0.4, -0.2) is 16.7 Å². The van der Waals surface area contributed by atoms with Crippen molar-refractivity contribution in [2.24, 2.45) is 34.5 Å². The molecular formula is C31H45NO. The molecule has 1 heterocycles. The smallest absolute Gasteiger partial charge is 0.0602 e. The maximum Gasteiger partial charge on any atom is 0.0602 e. The van der Waals surface area contributed by atoms with Gasteiger partial charge in [-0.25, -0.2) is 0 Å². The Morgan fingerprint density at radius 1 is 0.879 bits per heavy atom. The molecule has 0 radical (unpaired) electrons. The van der Waals surface area contributed by atoms with Crippen LogP contribution < -0.4 is 0 Å². The first-order valence-electron chi connectivity index (χ1n) is 13.9. The highest BCUT2D eigenvalue weighted by atomic mass is 16.5. The lowest BCUT2D eigenvalue weighted by molar-refractivity contribution is -0.152. The Bertz CT molecular complexity index is 1020. The predicted octanol–water partition coefficient (Wildman–Crippen LogP) is 8.48. The van der Waals surface area contributed by atoms with Gasteiger partial charge in [0.25, 0.3) is 0 Å². The third-order valence-corrected chi connectivity index (χ3v) is 11.1. The van der Waals surface area contributed by atoms with Crippen molar-refractivity contribution in [3.8, 4) is 0 Å². The first-order valence-corrected chi connectivity index (χ1v) is 13.9. The number of H-pyrrole nitrogens is 1. The lowest BCUT2D eigenvalue weighted by Gasteiger charge is -2.61. The van der Waals surface area contributed by atoms with Crippen LogP contribution >= 0.6 is 0 Å². The van der Waals surface area contributed by atoms with E-state index in [1.807, 2.05) is 0 Å². The summed E-state index contributed by atoms with van der Waals surface area (Å²) in [6, 6.07) is 9.48. The molecule has 0 bridgehead atoms. The number of fused-ring (bicyclic) bond motifs is 6. The van der Waals surface area contributed by atoms with Crippen LogP contribution in [-0.2, 0) is 4.74 Å². The molecule has 0 saturated heterocycles. The molecule has 8 atom stereocenters. The van der Waals surface area contributed by atoms with Crippen molar-refractivity contribution >= 4 is 10.9 Å². The van der Waals surface area contributed by atoms with Crippen molar-refractivity contribution in [1.82, 2.24) is 4.98 Å². The van der Waals surface area contributed by atoms with Gasteiger partial charge in [-0.2, -0.15) is 0 Å². The van der Waals surface area contributed by atoms with Crippen LogP contribution in [0.1, 0.15) is 104 Å². The zero-order chi connectivity index (χ0) is 23.0. The third-order valence-electron chi connectivity index (χ3n) is 11.1. The maximum atomic E-state index is 6.48. The topological polar surface area (TPSA) is 25.0 Å². The number of rotatable bonds is 2. The molecule has 6 rings (SSSR count). The monoisotopic (exact) mass is 447 g/mol. The normalized spacial score (nSPS) is 43.2. The Hall–Kier alpha value is -1.28. The number of aromatic amines is 1. The van der Waals surface area contributed by atoms with Gasteiger partial charge in [0.15, 0.2) is 0 Å². The number of hydrogen-bond donors (Lipinski definition) is 1. The highest BCUT2D eigenvalue weighted by molar-refractivity contribution is 5.80. The van der Waals surface area contributed by atoms with Gasteiger partial charge in [0, 0.05) is 11.7 Å². The van der Waals surface area contributed by atoms with Crippen molar-refractivity contribution in [2.75, 3.05) is 0 Å². The highest BCUT2D eigenvalue weighted by Gasteiger charge is 2.60. The molecule has 4 fully saturated rings. The molecule has 1 aromatic carbocycles. The summed E-state index contributed by atoms with van der Waals surface area (Å²) in [6.45, 7) is 12.0. The minimum Gasteiger partial charge on any atom is -0.373 e. The largest absolute Gasteiger partial charge is 0.373 e. The summed E-state index contributed by atoms with van der Waals surface area (Å²) in [6.07, 6.45) is 15.2. The average molecular weight is 448 g/mol. The Balaban J connectivity index is 1.23. The quantitative estimate of drug-likeness (QED) is 0.490. The minimum absolute atomic E-state index is 0.00939. The van der Waals surface area contributed by atoms with Gasteiger partial charge in [0.2, 0.25) is 0 Å². The Labute approximate surface area is 201 Å². The molecular weight excluding hydrogens is 402 g/mol. The van der Waals surface area contributed by atoms with E-state index in [4.69, 9.17) is 4.74 Å². The molecule has 0 aliphatic heterocycles. The van der Waals surface area contributed by atoms with Crippen LogP contribution in [0.15, 0.2) is 30.5 Å². The van der Waals surface area contributed by atoms with Gasteiger partial charge in [-0.3, -0.25) is 0 Å². The number of aromatic nitrogens is 1. The van der Waals surface area contributed by atoms with Crippen LogP contribution in [0.2, 0.25) is 0 Å². The standard InChI is InChI=1S/C31H45NO/c1-29(2,3)33-23-12-15-30(4)22(19-23)7-8-24-26-10-9-25(31(26,5)16-13-27(24)30)20-6-11-28-21(18-20)14-17-32-28/h6,11,14,17-18,22-27,32H,7-10,12-13,15-16,19H2,1-5H3/t22-,23+,24-,25+,26-,27-,30-,31+/m0/s1. The number of hydrogen-bond acceptors (Lipinski definition) is 1. The van der Waals surface area contributed by atoms with Gasteiger partial charge in [0.05, 0.1) is 11.7 Å². The van der Waals surface area contributed by atoms with Crippen LogP contribution in [0.25, 0.3) is 10.9 Å². The molecule has 2 heteroatoms. The summed E-state index contributed by atoms with van der Waals surface area (Å²) < 4.78 is 6.48. The van der Waals surface area contributed by atoms with Crippen LogP contribution in [0.3, 0.4) is 0 Å². The molecule has 4 saturated carbocycles. The number of ether oxygens (including phenoxy) is 1. The average Bonchev–Trinajstić information content (AvgIpc) is 3.36. The molecule has 2 aromatic rings. The summed E-state index contributed by atoms with van der Waals surface area (Å²) in [5.41, 5.74) is 3.90. The van der Waals surface area contributed by atoms with Gasteiger partial charge >= 0.3 is 0 Å². The summed E-state index contributed by atoms with van der Waals surface area (Å²) in [5, 5.41) is 1.38. The molecule has 33 heavy (non-hydrogen) atoms. The fourth-order valence-electron chi connectivity index (χ4n) is 9.66. The molecule has 0 amide bonds. The van der Waals surface area contributed by atoms with E-state index in [0.29, 0.717) is 16.9 Å². The van der Waals surface area contributed by atoms with E-state index in [1.165, 1.54) is 68.7 Å². The molecule has 180 valence electrons. The lowest BCUT2D eigenvalue weighted by Crippen LogP contribution is -2.54. The lowest BCUT2D eigenvalue weighted by atomic mass is 9.44. The summed E-state index contributed by atoms with van der Waals surface area (Å²) in [7, 11) is 0. The zero-order valence-corrected chi connectivity index (χ0v) is 21.6. The highest BCUT2D eigenvalue weighted by Crippen LogP contribution is 2.69. The second-order valence-electron chi connectivity index (χ2n) is 13.8. The molecule has 2 nitrogen and oxygen atoms in total. The van der Waals surface area contributed by atoms with E-state index in [-0.39, 0.29) is 5.60 Å². The van der Waals surface area contributed by atoms with Crippen molar-refractivity contribution < 1.29 is 4.74 Å². The van der Waals surface area contributed by atoms with Crippen LogP contribution in [0.5, 0.6) is 0 Å². The predicted molar refractivity (Wildman–Crippen MR) is 137 cm³/mol. The Kier molecular flexibility index (Phi) is 5.12. The van der Waals surface area contributed by atoms with E-state index in [9.17, 15) is 0 Å². The van der Waals surface area contributed by atoms with Crippen molar-refractivity contribution in [3.63, 3.8) is 0 Å². The Morgan fingerprint density at radius 2 is 1.67 bits per heavy atom. The van der Waals surface area contributed by atoms with Gasteiger partial charge in [0.1, 0.15) is 0 Å². The van der Waals surface area contributed by atoms with E-state index < -0.39 is 0 Å². The second-order valence-corrected chi connectivity index (χ2v) is 13.8.